The van der Waals surface area contributed by atoms with E-state index in [4.69, 9.17) is 4.74 Å². The number of benzene rings is 2. The van der Waals surface area contributed by atoms with Gasteiger partial charge >= 0.3 is 0 Å². The van der Waals surface area contributed by atoms with Crippen molar-refractivity contribution in [2.45, 2.75) is 26.2 Å². The smallest absolute Gasteiger partial charge is 0.200 e. The number of carbonyl (C=O) groups is 1. The van der Waals surface area contributed by atoms with Crippen LogP contribution in [0.15, 0.2) is 36.4 Å². The first-order valence-electron chi connectivity index (χ1n) is 7.17. The number of Topliss-reactive ketones (excluding diaryl/α,β-unsaturated/α-hetero) is 1. The lowest BCUT2D eigenvalue weighted by atomic mass is 10.0. The van der Waals surface area contributed by atoms with Gasteiger partial charge in [0.1, 0.15) is 11.6 Å². The van der Waals surface area contributed by atoms with Gasteiger partial charge in [-0.2, -0.15) is 0 Å². The van der Waals surface area contributed by atoms with Gasteiger partial charge in [-0.3, -0.25) is 4.79 Å². The molecule has 0 bridgehead atoms. The fourth-order valence-electron chi connectivity index (χ4n) is 2.75. The number of carbonyl (C=O) groups excluding carboxylic acids is 1. The summed E-state index contributed by atoms with van der Waals surface area (Å²) in [6, 6.07) is 10.2. The average molecular weight is 284 g/mol. The normalized spacial score (nSPS) is 13.0. The number of ether oxygens (including phenoxy) is 1. The Balaban J connectivity index is 1.69. The molecule has 2 aromatic carbocycles. The zero-order valence-electron chi connectivity index (χ0n) is 12.0. The Kier molecular flexibility index (Phi) is 3.74. The van der Waals surface area contributed by atoms with Gasteiger partial charge in [0, 0.05) is 5.56 Å². The predicted molar refractivity (Wildman–Crippen MR) is 79.4 cm³/mol. The summed E-state index contributed by atoms with van der Waals surface area (Å²) in [5.41, 5.74) is 4.01. The molecule has 2 aromatic rings. The van der Waals surface area contributed by atoms with Gasteiger partial charge in [-0.25, -0.2) is 4.39 Å². The van der Waals surface area contributed by atoms with Crippen molar-refractivity contribution in [3.8, 4) is 5.75 Å². The number of ketones is 1. The van der Waals surface area contributed by atoms with Crippen LogP contribution in [0.3, 0.4) is 0 Å². The molecule has 3 rings (SSSR count). The average Bonchev–Trinajstić information content (AvgIpc) is 2.93. The number of halogens is 1. The van der Waals surface area contributed by atoms with Crippen LogP contribution in [0.4, 0.5) is 4.39 Å². The van der Waals surface area contributed by atoms with Crippen molar-refractivity contribution in [1.29, 1.82) is 0 Å². The maximum atomic E-state index is 13.0. The first-order valence-corrected chi connectivity index (χ1v) is 7.17. The van der Waals surface area contributed by atoms with Crippen LogP contribution in [0.2, 0.25) is 0 Å². The number of hydrogen-bond donors (Lipinski definition) is 0. The highest BCUT2D eigenvalue weighted by Gasteiger charge is 2.14. The molecule has 0 saturated carbocycles. The fraction of sp³-hybridized carbons (Fsp3) is 0.278. The minimum absolute atomic E-state index is 0.0226. The first-order chi connectivity index (χ1) is 10.1. The summed E-state index contributed by atoms with van der Waals surface area (Å²) in [7, 11) is 0. The zero-order chi connectivity index (χ0) is 14.8. The van der Waals surface area contributed by atoms with Crippen molar-refractivity contribution < 1.29 is 13.9 Å². The lowest BCUT2D eigenvalue weighted by molar-refractivity contribution is 0.0921. The Morgan fingerprint density at radius 2 is 1.95 bits per heavy atom. The van der Waals surface area contributed by atoms with Gasteiger partial charge in [0.2, 0.25) is 0 Å². The molecule has 1 aliphatic rings. The van der Waals surface area contributed by atoms with Crippen molar-refractivity contribution in [3.63, 3.8) is 0 Å². The second kappa shape index (κ2) is 5.68. The molecule has 0 atom stereocenters. The minimum atomic E-state index is -0.301. The molecule has 0 aromatic heterocycles. The number of hydrogen-bond acceptors (Lipinski definition) is 2. The second-order valence-corrected chi connectivity index (χ2v) is 5.46. The molecule has 1 aliphatic carbocycles. The summed E-state index contributed by atoms with van der Waals surface area (Å²) >= 11 is 0. The van der Waals surface area contributed by atoms with E-state index in [2.05, 4.69) is 0 Å². The van der Waals surface area contributed by atoms with Gasteiger partial charge in [0.25, 0.3) is 0 Å². The zero-order valence-corrected chi connectivity index (χ0v) is 12.0. The largest absolute Gasteiger partial charge is 0.485 e. The molecule has 0 heterocycles. The van der Waals surface area contributed by atoms with Crippen molar-refractivity contribution in [1.82, 2.24) is 0 Å². The second-order valence-electron chi connectivity index (χ2n) is 5.46. The third-order valence-corrected chi connectivity index (χ3v) is 3.92. The molecule has 0 spiro atoms. The lowest BCUT2D eigenvalue weighted by Crippen LogP contribution is -2.12. The highest BCUT2D eigenvalue weighted by Crippen LogP contribution is 2.23. The van der Waals surface area contributed by atoms with Crippen LogP contribution in [0, 0.1) is 12.7 Å². The van der Waals surface area contributed by atoms with E-state index in [0.717, 1.165) is 19.3 Å². The van der Waals surface area contributed by atoms with Crippen molar-refractivity contribution in [2.24, 2.45) is 0 Å². The minimum Gasteiger partial charge on any atom is -0.485 e. The van der Waals surface area contributed by atoms with E-state index < -0.39 is 0 Å². The molecule has 0 radical (unpaired) electrons. The van der Waals surface area contributed by atoms with E-state index in [0.29, 0.717) is 16.9 Å². The molecular weight excluding hydrogens is 267 g/mol. The number of fused-ring (bicyclic) bond motifs is 1. The van der Waals surface area contributed by atoms with Gasteiger partial charge in [-0.05, 0) is 67.1 Å². The van der Waals surface area contributed by atoms with Crippen LogP contribution in [0.25, 0.3) is 0 Å². The molecule has 0 saturated heterocycles. The summed E-state index contributed by atoms with van der Waals surface area (Å²) in [6.45, 7) is 1.74. The van der Waals surface area contributed by atoms with Crippen LogP contribution in [0.5, 0.6) is 5.75 Å². The Hall–Kier alpha value is -2.16. The third kappa shape index (κ3) is 2.97. The first kappa shape index (κ1) is 13.8. The SMILES string of the molecule is Cc1cc(F)ccc1OCC(=O)c1ccc2c(c1)CCC2. The van der Waals surface area contributed by atoms with Gasteiger partial charge in [-0.15, -0.1) is 0 Å². The highest BCUT2D eigenvalue weighted by atomic mass is 19.1. The maximum Gasteiger partial charge on any atom is 0.200 e. The lowest BCUT2D eigenvalue weighted by Gasteiger charge is -2.09. The predicted octanol–water partition coefficient (Wildman–Crippen LogP) is 3.88. The van der Waals surface area contributed by atoms with E-state index >= 15 is 0 Å². The molecule has 21 heavy (non-hydrogen) atoms. The van der Waals surface area contributed by atoms with E-state index in [1.165, 1.54) is 23.3 Å². The summed E-state index contributed by atoms with van der Waals surface area (Å²) in [5, 5.41) is 0. The van der Waals surface area contributed by atoms with Crippen LogP contribution < -0.4 is 4.74 Å². The Labute approximate surface area is 123 Å². The molecule has 0 fully saturated rings. The summed E-state index contributed by atoms with van der Waals surface area (Å²) in [6.07, 6.45) is 3.32. The summed E-state index contributed by atoms with van der Waals surface area (Å²) < 4.78 is 18.5. The standard InChI is InChI=1S/C18H17FO2/c1-12-9-16(19)7-8-18(12)21-11-17(20)15-6-5-13-3-2-4-14(13)10-15/h5-10H,2-4,11H2,1H3. The van der Waals surface area contributed by atoms with E-state index in [1.54, 1.807) is 13.0 Å². The topological polar surface area (TPSA) is 26.3 Å². The van der Waals surface area contributed by atoms with Gasteiger partial charge in [0.05, 0.1) is 0 Å². The van der Waals surface area contributed by atoms with Crippen molar-refractivity contribution in [2.75, 3.05) is 6.61 Å². The molecule has 0 unspecified atom stereocenters. The van der Waals surface area contributed by atoms with Crippen LogP contribution in [-0.2, 0) is 12.8 Å². The maximum absolute atomic E-state index is 13.0. The number of aryl methyl sites for hydroxylation is 3. The summed E-state index contributed by atoms with van der Waals surface area (Å²) in [5.74, 6) is 0.198. The van der Waals surface area contributed by atoms with Crippen molar-refractivity contribution >= 4 is 5.78 Å². The van der Waals surface area contributed by atoms with Crippen LogP contribution in [-0.4, -0.2) is 12.4 Å². The Morgan fingerprint density at radius 3 is 2.76 bits per heavy atom. The van der Waals surface area contributed by atoms with Crippen LogP contribution in [0.1, 0.15) is 33.5 Å². The van der Waals surface area contributed by atoms with E-state index in [1.807, 2.05) is 18.2 Å². The fourth-order valence-corrected chi connectivity index (χ4v) is 2.75. The monoisotopic (exact) mass is 284 g/mol. The van der Waals surface area contributed by atoms with Gasteiger partial charge < -0.3 is 4.74 Å². The van der Waals surface area contributed by atoms with Crippen LogP contribution >= 0.6 is 0 Å². The molecule has 0 amide bonds. The van der Waals surface area contributed by atoms with Gasteiger partial charge in [0.15, 0.2) is 12.4 Å². The molecular formula is C18H17FO2. The van der Waals surface area contributed by atoms with E-state index in [-0.39, 0.29) is 18.2 Å². The number of rotatable bonds is 4. The third-order valence-electron chi connectivity index (χ3n) is 3.92. The summed E-state index contributed by atoms with van der Waals surface area (Å²) in [4.78, 5) is 12.2. The highest BCUT2D eigenvalue weighted by molar-refractivity contribution is 5.97. The van der Waals surface area contributed by atoms with Crippen molar-refractivity contribution in [3.05, 3.63) is 64.5 Å². The quantitative estimate of drug-likeness (QED) is 0.796. The van der Waals surface area contributed by atoms with E-state index in [9.17, 15) is 9.18 Å². The molecule has 3 heteroatoms. The molecule has 2 nitrogen and oxygen atoms in total. The molecule has 0 N–H and O–H groups in total. The molecule has 0 aliphatic heterocycles. The Bertz CT molecular complexity index is 692. The molecule has 108 valence electrons. The van der Waals surface area contributed by atoms with Gasteiger partial charge in [-0.1, -0.05) is 12.1 Å². The Morgan fingerprint density at radius 1 is 1.14 bits per heavy atom.